The van der Waals surface area contributed by atoms with Crippen molar-refractivity contribution >= 4 is 22.7 Å². The molecule has 1 aliphatic heterocycles. The van der Waals surface area contributed by atoms with E-state index in [0.717, 1.165) is 0 Å². The summed E-state index contributed by atoms with van der Waals surface area (Å²) < 4.78 is 5.23. The van der Waals surface area contributed by atoms with Gasteiger partial charge in [-0.1, -0.05) is 0 Å². The van der Waals surface area contributed by atoms with Crippen LogP contribution < -0.4 is 31.3 Å². The summed E-state index contributed by atoms with van der Waals surface area (Å²) in [5, 5.41) is 0.543. The Bertz CT molecular complexity index is 744. The van der Waals surface area contributed by atoms with Gasteiger partial charge in [-0.3, -0.25) is 15.0 Å². The summed E-state index contributed by atoms with van der Waals surface area (Å²) in [5.74, 6) is 5.05. The lowest BCUT2D eigenvalue weighted by atomic mass is 10.0. The second kappa shape index (κ2) is 4.35. The summed E-state index contributed by atoms with van der Waals surface area (Å²) in [7, 11) is 1.49. The number of hydrogen-bond donors (Lipinski definition) is 3. The molecule has 5 N–H and O–H groups in total. The van der Waals surface area contributed by atoms with Crippen molar-refractivity contribution in [3.63, 3.8) is 0 Å². The number of nitrogens with one attached hydrogen (secondary N) is 3. The number of hydrazine groups is 1. The van der Waals surface area contributed by atoms with Gasteiger partial charge in [-0.15, -0.1) is 0 Å². The molecule has 1 aromatic heterocycles. The van der Waals surface area contributed by atoms with Crippen molar-refractivity contribution in [1.82, 2.24) is 10.9 Å². The molecule has 0 saturated heterocycles. The molecule has 2 aromatic rings. The molecule has 1 aromatic carbocycles. The Balaban J connectivity index is 2.38. The van der Waals surface area contributed by atoms with E-state index in [0.29, 0.717) is 28.0 Å². The summed E-state index contributed by atoms with van der Waals surface area (Å²) in [5.41, 5.74) is 5.38. The first-order valence-electron chi connectivity index (χ1n) is 5.71. The van der Waals surface area contributed by atoms with Crippen molar-refractivity contribution in [2.75, 3.05) is 7.11 Å². The molecule has 1 aliphatic rings. The third-order valence-corrected chi connectivity index (χ3v) is 3.04. The third-order valence-electron chi connectivity index (χ3n) is 3.04. The van der Waals surface area contributed by atoms with E-state index in [1.807, 2.05) is 5.43 Å². The topological polar surface area (TPSA) is 117 Å². The van der Waals surface area contributed by atoms with Crippen LogP contribution in [-0.4, -0.2) is 18.9 Å². The predicted molar refractivity (Wildman–Crippen MR) is 66.8 cm³/mol. The zero-order valence-electron chi connectivity index (χ0n) is 10.4. The molecule has 20 heavy (non-hydrogen) atoms. The maximum Gasteiger partial charge on any atom is 0.330 e. The van der Waals surface area contributed by atoms with Gasteiger partial charge in [0.25, 0.3) is 17.1 Å². The van der Waals surface area contributed by atoms with E-state index in [2.05, 4.69) is 10.5 Å². The predicted octanol–water partition coefficient (Wildman–Crippen LogP) is -0.697. The fourth-order valence-electron chi connectivity index (χ4n) is 2.13. The first-order chi connectivity index (χ1) is 9.65. The van der Waals surface area contributed by atoms with Crippen LogP contribution in [0.15, 0.2) is 18.2 Å². The molecule has 8 nitrogen and oxygen atoms in total. The molecule has 102 valence electrons. The Kier molecular flexibility index (Phi) is 2.65. The number of carbonyl (C=O) groups excluding carboxylic acids is 2. The Labute approximate surface area is 112 Å². The standard InChI is InChI=1S/C12H10N4O4/c1-19-7-3-2-5-9-8(20-16-11(5)17)4-6(12(18)15-13)14-10(7)9/h2-4H,13H2,1H3,(H,15,18)(H,16,17)/p+1. The Morgan fingerprint density at radius 3 is 3.00 bits per heavy atom. The average Bonchev–Trinajstić information content (AvgIpc) is 2.49. The third kappa shape index (κ3) is 1.62. The van der Waals surface area contributed by atoms with Crippen LogP contribution in [0.3, 0.4) is 0 Å². The van der Waals surface area contributed by atoms with Gasteiger partial charge in [-0.05, 0) is 12.1 Å². The fourth-order valence-corrected chi connectivity index (χ4v) is 2.13. The number of pyridine rings is 1. The Morgan fingerprint density at radius 1 is 1.50 bits per heavy atom. The van der Waals surface area contributed by atoms with Gasteiger partial charge < -0.3 is 9.57 Å². The number of hydroxylamine groups is 1. The minimum Gasteiger partial charge on any atom is -0.490 e. The van der Waals surface area contributed by atoms with Crippen molar-refractivity contribution < 1.29 is 24.1 Å². The van der Waals surface area contributed by atoms with Gasteiger partial charge in [-0.25, -0.2) is 5.84 Å². The minimum atomic E-state index is -0.517. The fraction of sp³-hybridized carbons (Fsp3) is 0.0833. The van der Waals surface area contributed by atoms with Crippen molar-refractivity contribution in [2.24, 2.45) is 5.84 Å². The molecule has 0 bridgehead atoms. The van der Waals surface area contributed by atoms with E-state index in [1.165, 1.54) is 13.2 Å². The number of benzene rings is 1. The minimum absolute atomic E-state index is 0.182. The van der Waals surface area contributed by atoms with Gasteiger partial charge >= 0.3 is 5.91 Å². The normalized spacial score (nSPS) is 12.6. The van der Waals surface area contributed by atoms with E-state index in [-0.39, 0.29) is 11.6 Å². The molecule has 2 amide bonds. The molecule has 0 saturated carbocycles. The molecule has 8 heteroatoms. The van der Waals surface area contributed by atoms with Gasteiger partial charge in [0.1, 0.15) is 5.39 Å². The summed E-state index contributed by atoms with van der Waals surface area (Å²) in [6, 6.07) is 4.71. The Morgan fingerprint density at radius 2 is 2.30 bits per heavy atom. The number of nitrogens with two attached hydrogens (primary N) is 1. The van der Waals surface area contributed by atoms with Gasteiger partial charge in [0.2, 0.25) is 0 Å². The zero-order chi connectivity index (χ0) is 14.3. The van der Waals surface area contributed by atoms with E-state index in [1.54, 1.807) is 12.1 Å². The highest BCUT2D eigenvalue weighted by atomic mass is 16.7. The van der Waals surface area contributed by atoms with Gasteiger partial charge in [0.05, 0.1) is 18.7 Å². The number of ether oxygens (including phenoxy) is 1. The number of nitrogen functional groups attached to an aromatic ring is 1. The van der Waals surface area contributed by atoms with Crippen molar-refractivity contribution in [1.29, 1.82) is 0 Å². The summed E-state index contributed by atoms with van der Waals surface area (Å²) in [6.45, 7) is 0. The van der Waals surface area contributed by atoms with Crippen LogP contribution in [0.4, 0.5) is 0 Å². The first-order valence-corrected chi connectivity index (χ1v) is 5.71. The van der Waals surface area contributed by atoms with E-state index >= 15 is 0 Å². The van der Waals surface area contributed by atoms with Gasteiger partial charge in [0, 0.05) is 0 Å². The van der Waals surface area contributed by atoms with Crippen LogP contribution in [0, 0.1) is 0 Å². The second-order valence-electron chi connectivity index (χ2n) is 4.12. The number of amides is 2. The van der Waals surface area contributed by atoms with Crippen molar-refractivity contribution in [2.45, 2.75) is 0 Å². The quantitative estimate of drug-likeness (QED) is 0.381. The molecule has 0 aliphatic carbocycles. The van der Waals surface area contributed by atoms with Crippen molar-refractivity contribution in [3.05, 3.63) is 29.5 Å². The monoisotopic (exact) mass is 275 g/mol. The number of H-pyrrole nitrogens is 1. The lowest BCUT2D eigenvalue weighted by molar-refractivity contribution is -0.350. The molecule has 2 heterocycles. The van der Waals surface area contributed by atoms with E-state index in [9.17, 15) is 9.59 Å². The maximum absolute atomic E-state index is 11.8. The highest BCUT2D eigenvalue weighted by Gasteiger charge is 2.29. The lowest BCUT2D eigenvalue weighted by Gasteiger charge is -2.16. The van der Waals surface area contributed by atoms with Gasteiger partial charge in [-0.2, -0.15) is 10.5 Å². The molecule has 0 atom stereocenters. The zero-order valence-corrected chi connectivity index (χ0v) is 10.4. The molecular formula is C12H11N4O4+. The number of methoxy groups -OCH3 is 1. The molecule has 0 unspecified atom stereocenters. The summed E-state index contributed by atoms with van der Waals surface area (Å²) in [6.07, 6.45) is 0. The summed E-state index contributed by atoms with van der Waals surface area (Å²) >= 11 is 0. The van der Waals surface area contributed by atoms with E-state index in [4.69, 9.17) is 15.4 Å². The smallest absolute Gasteiger partial charge is 0.330 e. The molecular weight excluding hydrogens is 264 g/mol. The highest BCUT2D eigenvalue weighted by Crippen LogP contribution is 2.34. The Hall–Kier alpha value is -2.87. The molecule has 3 rings (SSSR count). The first kappa shape index (κ1) is 12.2. The van der Waals surface area contributed by atoms with Crippen LogP contribution in [0.5, 0.6) is 11.5 Å². The number of hydrogen-bond acceptors (Lipinski definition) is 5. The van der Waals surface area contributed by atoms with Crippen LogP contribution in [-0.2, 0) is 0 Å². The van der Waals surface area contributed by atoms with Crippen LogP contribution in [0.25, 0.3) is 10.9 Å². The SMILES string of the molecule is COc1ccc2c3c(cc(C(=O)NN)[nH+]c13)ONC2=O. The van der Waals surface area contributed by atoms with Crippen LogP contribution in [0.2, 0.25) is 0 Å². The number of rotatable bonds is 2. The largest absolute Gasteiger partial charge is 0.490 e. The van der Waals surface area contributed by atoms with E-state index < -0.39 is 5.91 Å². The van der Waals surface area contributed by atoms with Gasteiger partial charge in [0.15, 0.2) is 11.5 Å². The number of aromatic nitrogens is 1. The number of carbonyl (C=O) groups is 2. The second-order valence-corrected chi connectivity index (χ2v) is 4.12. The van der Waals surface area contributed by atoms with Crippen LogP contribution in [0.1, 0.15) is 20.8 Å². The number of aromatic amines is 1. The maximum atomic E-state index is 11.8. The van der Waals surface area contributed by atoms with Crippen LogP contribution >= 0.6 is 0 Å². The molecule has 0 radical (unpaired) electrons. The lowest BCUT2D eigenvalue weighted by Crippen LogP contribution is -2.36. The average molecular weight is 275 g/mol. The molecule has 0 spiro atoms. The summed E-state index contributed by atoms with van der Waals surface area (Å²) in [4.78, 5) is 31.4. The van der Waals surface area contributed by atoms with Crippen molar-refractivity contribution in [3.8, 4) is 11.5 Å². The molecule has 0 fully saturated rings. The highest BCUT2D eigenvalue weighted by molar-refractivity contribution is 6.10.